The van der Waals surface area contributed by atoms with Crippen LogP contribution in [-0.4, -0.2) is 19.7 Å². The van der Waals surface area contributed by atoms with Crippen LogP contribution in [-0.2, 0) is 7.05 Å². The number of hydrogen-bond acceptors (Lipinski definition) is 2. The SMILES string of the molecule is Cc1cc(Br)cc2[nH]c(-c3ccnn3C)nc12. The van der Waals surface area contributed by atoms with Crippen LogP contribution in [0.4, 0.5) is 0 Å². The molecule has 5 heteroatoms. The van der Waals surface area contributed by atoms with Crippen LogP contribution in [0.5, 0.6) is 0 Å². The van der Waals surface area contributed by atoms with Crippen LogP contribution in [0, 0.1) is 6.92 Å². The fourth-order valence-electron chi connectivity index (χ4n) is 1.97. The monoisotopic (exact) mass is 290 g/mol. The summed E-state index contributed by atoms with van der Waals surface area (Å²) in [5.74, 6) is 0.848. The molecule has 0 spiro atoms. The van der Waals surface area contributed by atoms with Gasteiger partial charge in [0, 0.05) is 17.7 Å². The zero-order chi connectivity index (χ0) is 12.0. The van der Waals surface area contributed by atoms with Gasteiger partial charge in [0.15, 0.2) is 5.82 Å². The summed E-state index contributed by atoms with van der Waals surface area (Å²) in [5, 5.41) is 4.15. The minimum absolute atomic E-state index is 0.848. The Bertz CT molecular complexity index is 696. The zero-order valence-corrected chi connectivity index (χ0v) is 11.1. The standard InChI is InChI=1S/C12H11BrN4/c1-7-5-8(13)6-9-11(7)16-12(15-9)10-3-4-14-17(10)2/h3-6H,1-2H3,(H,15,16). The highest BCUT2D eigenvalue weighted by Gasteiger charge is 2.10. The third kappa shape index (κ3) is 1.67. The molecule has 0 amide bonds. The molecule has 1 N–H and O–H groups in total. The molecular formula is C12H11BrN4. The summed E-state index contributed by atoms with van der Waals surface area (Å²) >= 11 is 3.49. The Balaban J connectivity index is 2.27. The van der Waals surface area contributed by atoms with E-state index in [4.69, 9.17) is 0 Å². The lowest BCUT2D eigenvalue weighted by Crippen LogP contribution is -1.94. The van der Waals surface area contributed by atoms with Gasteiger partial charge in [-0.3, -0.25) is 4.68 Å². The summed E-state index contributed by atoms with van der Waals surface area (Å²) in [6.07, 6.45) is 1.77. The molecule has 2 aromatic heterocycles. The predicted molar refractivity (Wildman–Crippen MR) is 70.7 cm³/mol. The topological polar surface area (TPSA) is 46.5 Å². The molecule has 3 aromatic rings. The highest BCUT2D eigenvalue weighted by atomic mass is 79.9. The van der Waals surface area contributed by atoms with E-state index in [1.54, 1.807) is 6.20 Å². The summed E-state index contributed by atoms with van der Waals surface area (Å²) in [6.45, 7) is 2.06. The second kappa shape index (κ2) is 3.70. The van der Waals surface area contributed by atoms with E-state index in [-0.39, 0.29) is 0 Å². The Hall–Kier alpha value is -1.62. The van der Waals surface area contributed by atoms with Crippen molar-refractivity contribution < 1.29 is 0 Å². The third-order valence-corrected chi connectivity index (χ3v) is 3.26. The molecule has 4 nitrogen and oxygen atoms in total. The van der Waals surface area contributed by atoms with Crippen LogP contribution in [0.3, 0.4) is 0 Å². The van der Waals surface area contributed by atoms with Crippen LogP contribution in [0.15, 0.2) is 28.9 Å². The molecule has 0 bridgehead atoms. The first-order valence-electron chi connectivity index (χ1n) is 5.29. The number of nitrogens with zero attached hydrogens (tertiary/aromatic N) is 3. The van der Waals surface area contributed by atoms with Crippen molar-refractivity contribution in [1.29, 1.82) is 0 Å². The summed E-state index contributed by atoms with van der Waals surface area (Å²) in [4.78, 5) is 7.94. The Labute approximate surface area is 107 Å². The van der Waals surface area contributed by atoms with Gasteiger partial charge in [-0.1, -0.05) is 15.9 Å². The fourth-order valence-corrected chi connectivity index (χ4v) is 2.55. The van der Waals surface area contributed by atoms with Gasteiger partial charge < -0.3 is 4.98 Å². The van der Waals surface area contributed by atoms with E-state index in [2.05, 4.69) is 44.0 Å². The first-order valence-corrected chi connectivity index (χ1v) is 6.08. The summed E-state index contributed by atoms with van der Waals surface area (Å²) in [7, 11) is 1.91. The van der Waals surface area contributed by atoms with Crippen molar-refractivity contribution in [2.75, 3.05) is 0 Å². The average molecular weight is 291 g/mol. The van der Waals surface area contributed by atoms with Gasteiger partial charge in [0.1, 0.15) is 5.69 Å². The lowest BCUT2D eigenvalue weighted by Gasteiger charge is -1.95. The maximum Gasteiger partial charge on any atom is 0.156 e. The largest absolute Gasteiger partial charge is 0.337 e. The molecule has 2 heterocycles. The van der Waals surface area contributed by atoms with Gasteiger partial charge in [-0.15, -0.1) is 0 Å². The lowest BCUT2D eigenvalue weighted by atomic mass is 10.2. The molecule has 0 aliphatic carbocycles. The van der Waals surface area contributed by atoms with E-state index >= 15 is 0 Å². The molecule has 0 fully saturated rings. The number of benzene rings is 1. The molecule has 0 saturated carbocycles. The van der Waals surface area contributed by atoms with Crippen molar-refractivity contribution in [2.45, 2.75) is 6.92 Å². The maximum atomic E-state index is 4.62. The summed E-state index contributed by atoms with van der Waals surface area (Å²) in [6, 6.07) is 6.05. The number of imidazole rings is 1. The number of aromatic nitrogens is 4. The van der Waals surface area contributed by atoms with Crippen LogP contribution >= 0.6 is 15.9 Å². The molecule has 3 rings (SSSR count). The molecule has 0 unspecified atom stereocenters. The second-order valence-electron chi connectivity index (χ2n) is 4.04. The number of aryl methyl sites for hydroxylation is 2. The number of nitrogens with one attached hydrogen (secondary N) is 1. The second-order valence-corrected chi connectivity index (χ2v) is 4.96. The van der Waals surface area contributed by atoms with Crippen molar-refractivity contribution in [1.82, 2.24) is 19.7 Å². The highest BCUT2D eigenvalue weighted by molar-refractivity contribution is 9.10. The van der Waals surface area contributed by atoms with E-state index in [1.165, 1.54) is 0 Å². The zero-order valence-electron chi connectivity index (χ0n) is 9.53. The van der Waals surface area contributed by atoms with Gasteiger partial charge in [0.25, 0.3) is 0 Å². The van der Waals surface area contributed by atoms with Crippen molar-refractivity contribution in [3.05, 3.63) is 34.4 Å². The maximum absolute atomic E-state index is 4.62. The fraction of sp³-hybridized carbons (Fsp3) is 0.167. The van der Waals surface area contributed by atoms with Gasteiger partial charge in [-0.2, -0.15) is 5.10 Å². The van der Waals surface area contributed by atoms with Crippen LogP contribution in [0.25, 0.3) is 22.6 Å². The molecular weight excluding hydrogens is 280 g/mol. The quantitative estimate of drug-likeness (QED) is 0.749. The Morgan fingerprint density at radius 2 is 2.18 bits per heavy atom. The number of aromatic amines is 1. The molecule has 0 aliphatic heterocycles. The Morgan fingerprint density at radius 1 is 1.35 bits per heavy atom. The summed E-state index contributed by atoms with van der Waals surface area (Å²) < 4.78 is 2.87. The molecule has 0 radical (unpaired) electrons. The normalized spacial score (nSPS) is 11.2. The number of rotatable bonds is 1. The van der Waals surface area contributed by atoms with Crippen LogP contribution < -0.4 is 0 Å². The molecule has 0 saturated heterocycles. The number of H-pyrrole nitrogens is 1. The van der Waals surface area contributed by atoms with E-state index in [0.717, 1.165) is 32.6 Å². The van der Waals surface area contributed by atoms with Crippen molar-refractivity contribution in [3.63, 3.8) is 0 Å². The Kier molecular flexibility index (Phi) is 2.29. The van der Waals surface area contributed by atoms with Crippen LogP contribution in [0.2, 0.25) is 0 Å². The third-order valence-electron chi connectivity index (χ3n) is 2.81. The molecule has 0 atom stereocenters. The van der Waals surface area contributed by atoms with E-state index in [9.17, 15) is 0 Å². The summed E-state index contributed by atoms with van der Waals surface area (Å²) in [5.41, 5.74) is 4.17. The molecule has 86 valence electrons. The van der Waals surface area contributed by atoms with Gasteiger partial charge >= 0.3 is 0 Å². The Morgan fingerprint density at radius 3 is 2.88 bits per heavy atom. The van der Waals surface area contributed by atoms with Gasteiger partial charge in [-0.25, -0.2) is 4.98 Å². The average Bonchev–Trinajstić information content (AvgIpc) is 2.83. The minimum atomic E-state index is 0.848. The van der Waals surface area contributed by atoms with Gasteiger partial charge in [-0.05, 0) is 30.7 Å². The smallest absolute Gasteiger partial charge is 0.156 e. The van der Waals surface area contributed by atoms with Crippen molar-refractivity contribution in [3.8, 4) is 11.5 Å². The van der Waals surface area contributed by atoms with E-state index in [0.29, 0.717) is 0 Å². The van der Waals surface area contributed by atoms with Gasteiger partial charge in [0.05, 0.1) is 11.0 Å². The first-order chi connectivity index (χ1) is 8.15. The first kappa shape index (κ1) is 10.5. The number of fused-ring (bicyclic) bond motifs is 1. The van der Waals surface area contributed by atoms with E-state index in [1.807, 2.05) is 23.9 Å². The van der Waals surface area contributed by atoms with Crippen molar-refractivity contribution in [2.24, 2.45) is 7.05 Å². The molecule has 17 heavy (non-hydrogen) atoms. The number of hydrogen-bond donors (Lipinski definition) is 1. The van der Waals surface area contributed by atoms with Gasteiger partial charge in [0.2, 0.25) is 0 Å². The molecule has 0 aliphatic rings. The lowest BCUT2D eigenvalue weighted by molar-refractivity contribution is 0.771. The van der Waals surface area contributed by atoms with Crippen molar-refractivity contribution >= 4 is 27.0 Å². The minimum Gasteiger partial charge on any atom is -0.337 e. The predicted octanol–water partition coefficient (Wildman–Crippen LogP) is 3.03. The molecule has 1 aromatic carbocycles. The van der Waals surface area contributed by atoms with E-state index < -0.39 is 0 Å². The highest BCUT2D eigenvalue weighted by Crippen LogP contribution is 2.25. The number of halogens is 1. The van der Waals surface area contributed by atoms with Crippen LogP contribution in [0.1, 0.15) is 5.56 Å².